The van der Waals surface area contributed by atoms with Crippen molar-refractivity contribution in [1.82, 2.24) is 15.0 Å². The highest BCUT2D eigenvalue weighted by atomic mass is 35.5. The van der Waals surface area contributed by atoms with E-state index < -0.39 is 0 Å². The molecule has 6 heteroatoms. The Morgan fingerprint density at radius 2 is 2.14 bits per heavy atom. The van der Waals surface area contributed by atoms with E-state index in [1.807, 2.05) is 30.3 Å². The molecule has 2 atom stereocenters. The normalized spacial score (nSPS) is 20.4. The molecule has 2 heterocycles. The molecule has 1 aromatic heterocycles. The molecular weight excluding hydrogens is 300 g/mol. The summed E-state index contributed by atoms with van der Waals surface area (Å²) in [6, 6.07) is 10.1. The first-order valence-corrected chi connectivity index (χ1v) is 7.58. The average molecular weight is 323 g/mol. The van der Waals surface area contributed by atoms with Crippen molar-refractivity contribution >= 4 is 12.4 Å². The van der Waals surface area contributed by atoms with Crippen LogP contribution in [0.4, 0.5) is 0 Å². The van der Waals surface area contributed by atoms with Gasteiger partial charge in [0, 0.05) is 18.2 Å². The second-order valence-corrected chi connectivity index (χ2v) is 5.88. The standard InChI is InChI=1S/C16H22N4O.ClH/c1-12(17)14-8-5-9-20(10-14)11-15-18-16(21-19-15)13-6-3-2-4-7-13;/h2-4,6-7,12,14H,5,8-11,17H2,1H3;1H. The number of nitrogens with two attached hydrogens (primary N) is 1. The summed E-state index contributed by atoms with van der Waals surface area (Å²) in [7, 11) is 0. The maximum absolute atomic E-state index is 6.03. The Morgan fingerprint density at radius 3 is 2.86 bits per heavy atom. The molecule has 0 aliphatic carbocycles. The first-order chi connectivity index (χ1) is 10.2. The van der Waals surface area contributed by atoms with E-state index in [9.17, 15) is 0 Å². The van der Waals surface area contributed by atoms with Crippen LogP contribution in [0.5, 0.6) is 0 Å². The van der Waals surface area contributed by atoms with Gasteiger partial charge in [-0.1, -0.05) is 23.4 Å². The van der Waals surface area contributed by atoms with Crippen molar-refractivity contribution in [3.05, 3.63) is 36.2 Å². The van der Waals surface area contributed by atoms with E-state index in [0.29, 0.717) is 11.8 Å². The Balaban J connectivity index is 0.00000176. The molecule has 1 fully saturated rings. The van der Waals surface area contributed by atoms with E-state index in [4.69, 9.17) is 10.3 Å². The summed E-state index contributed by atoms with van der Waals surface area (Å²) in [5.74, 6) is 1.91. The van der Waals surface area contributed by atoms with Crippen LogP contribution in [-0.2, 0) is 6.54 Å². The number of hydrogen-bond donors (Lipinski definition) is 1. The van der Waals surface area contributed by atoms with E-state index in [0.717, 1.165) is 31.0 Å². The monoisotopic (exact) mass is 322 g/mol. The van der Waals surface area contributed by atoms with Gasteiger partial charge in [-0.25, -0.2) is 0 Å². The maximum Gasteiger partial charge on any atom is 0.257 e. The minimum Gasteiger partial charge on any atom is -0.334 e. The summed E-state index contributed by atoms with van der Waals surface area (Å²) in [5.41, 5.74) is 6.99. The lowest BCUT2D eigenvalue weighted by Crippen LogP contribution is -2.42. The van der Waals surface area contributed by atoms with Crippen LogP contribution in [0.15, 0.2) is 34.9 Å². The molecule has 0 radical (unpaired) electrons. The Morgan fingerprint density at radius 1 is 1.36 bits per heavy atom. The van der Waals surface area contributed by atoms with Crippen LogP contribution < -0.4 is 5.73 Å². The minimum absolute atomic E-state index is 0. The topological polar surface area (TPSA) is 68.2 Å². The fourth-order valence-electron chi connectivity index (χ4n) is 2.88. The lowest BCUT2D eigenvalue weighted by Gasteiger charge is -2.33. The Kier molecular flexibility index (Phi) is 5.94. The molecule has 0 bridgehead atoms. The van der Waals surface area contributed by atoms with E-state index >= 15 is 0 Å². The summed E-state index contributed by atoms with van der Waals surface area (Å²) in [4.78, 5) is 6.87. The molecule has 3 rings (SSSR count). The van der Waals surface area contributed by atoms with Gasteiger partial charge in [-0.3, -0.25) is 4.90 Å². The molecule has 2 unspecified atom stereocenters. The SMILES string of the molecule is CC(N)C1CCCN(Cc2noc(-c3ccccc3)n2)C1.Cl. The highest BCUT2D eigenvalue weighted by Crippen LogP contribution is 2.21. The summed E-state index contributed by atoms with van der Waals surface area (Å²) in [6.07, 6.45) is 2.41. The van der Waals surface area contributed by atoms with Crippen LogP contribution in [0.25, 0.3) is 11.5 Å². The largest absolute Gasteiger partial charge is 0.334 e. The van der Waals surface area contributed by atoms with Gasteiger partial charge in [0.05, 0.1) is 6.54 Å². The Labute approximate surface area is 137 Å². The van der Waals surface area contributed by atoms with E-state index in [1.54, 1.807) is 0 Å². The highest BCUT2D eigenvalue weighted by Gasteiger charge is 2.23. The number of likely N-dealkylation sites (tertiary alicyclic amines) is 1. The minimum atomic E-state index is 0. The molecule has 0 amide bonds. The first-order valence-electron chi connectivity index (χ1n) is 7.58. The number of halogens is 1. The summed E-state index contributed by atoms with van der Waals surface area (Å²) in [6.45, 7) is 4.93. The molecule has 1 aliphatic rings. The van der Waals surface area contributed by atoms with E-state index in [1.165, 1.54) is 12.8 Å². The molecule has 2 N–H and O–H groups in total. The van der Waals surface area contributed by atoms with Crippen molar-refractivity contribution in [3.8, 4) is 11.5 Å². The van der Waals surface area contributed by atoms with Crippen LogP contribution in [0.1, 0.15) is 25.6 Å². The van der Waals surface area contributed by atoms with E-state index in [2.05, 4.69) is 22.0 Å². The van der Waals surface area contributed by atoms with Crippen molar-refractivity contribution in [2.24, 2.45) is 11.7 Å². The third kappa shape index (κ3) is 4.06. The predicted octanol–water partition coefficient (Wildman–Crippen LogP) is 2.72. The van der Waals surface area contributed by atoms with Gasteiger partial charge in [-0.05, 0) is 44.4 Å². The van der Waals surface area contributed by atoms with Crippen LogP contribution in [0.2, 0.25) is 0 Å². The lowest BCUT2D eigenvalue weighted by atomic mass is 9.92. The van der Waals surface area contributed by atoms with Gasteiger partial charge in [-0.15, -0.1) is 12.4 Å². The zero-order valence-corrected chi connectivity index (χ0v) is 13.6. The van der Waals surface area contributed by atoms with Crippen LogP contribution in [0, 0.1) is 5.92 Å². The smallest absolute Gasteiger partial charge is 0.257 e. The van der Waals surface area contributed by atoms with Crippen molar-refractivity contribution in [2.45, 2.75) is 32.4 Å². The van der Waals surface area contributed by atoms with Gasteiger partial charge >= 0.3 is 0 Å². The summed E-state index contributed by atoms with van der Waals surface area (Å²) in [5, 5.41) is 4.10. The Bertz CT molecular complexity index is 573. The predicted molar refractivity (Wildman–Crippen MR) is 88.6 cm³/mol. The van der Waals surface area contributed by atoms with Crippen LogP contribution in [-0.4, -0.2) is 34.2 Å². The molecule has 120 valence electrons. The highest BCUT2D eigenvalue weighted by molar-refractivity contribution is 5.85. The zero-order chi connectivity index (χ0) is 14.7. The fourth-order valence-corrected chi connectivity index (χ4v) is 2.88. The van der Waals surface area contributed by atoms with Crippen molar-refractivity contribution in [2.75, 3.05) is 13.1 Å². The molecule has 2 aromatic rings. The first kappa shape index (κ1) is 16.9. The molecular formula is C16H23ClN4O. The number of hydrogen-bond acceptors (Lipinski definition) is 5. The van der Waals surface area contributed by atoms with Gasteiger partial charge < -0.3 is 10.3 Å². The Hall–Kier alpha value is -1.43. The van der Waals surface area contributed by atoms with Crippen LogP contribution >= 0.6 is 12.4 Å². The molecule has 22 heavy (non-hydrogen) atoms. The van der Waals surface area contributed by atoms with Crippen molar-refractivity contribution in [3.63, 3.8) is 0 Å². The number of rotatable bonds is 4. The number of nitrogens with zero attached hydrogens (tertiary/aromatic N) is 3. The fraction of sp³-hybridized carbons (Fsp3) is 0.500. The zero-order valence-electron chi connectivity index (χ0n) is 12.8. The van der Waals surface area contributed by atoms with Crippen LogP contribution in [0.3, 0.4) is 0 Å². The van der Waals surface area contributed by atoms with Gasteiger partial charge in [0.1, 0.15) is 0 Å². The number of benzene rings is 1. The average Bonchev–Trinajstić information content (AvgIpc) is 2.97. The third-order valence-corrected chi connectivity index (χ3v) is 4.14. The second kappa shape index (κ2) is 7.72. The molecule has 5 nitrogen and oxygen atoms in total. The quantitative estimate of drug-likeness (QED) is 0.937. The second-order valence-electron chi connectivity index (χ2n) is 5.88. The van der Waals surface area contributed by atoms with Gasteiger partial charge in [0.2, 0.25) is 0 Å². The lowest BCUT2D eigenvalue weighted by molar-refractivity contribution is 0.150. The molecule has 0 saturated carbocycles. The molecule has 1 saturated heterocycles. The van der Waals surface area contributed by atoms with Crippen molar-refractivity contribution < 1.29 is 4.52 Å². The molecule has 1 aromatic carbocycles. The number of aromatic nitrogens is 2. The van der Waals surface area contributed by atoms with E-state index in [-0.39, 0.29) is 18.4 Å². The van der Waals surface area contributed by atoms with Crippen molar-refractivity contribution in [1.29, 1.82) is 0 Å². The maximum atomic E-state index is 6.03. The summed E-state index contributed by atoms with van der Waals surface area (Å²) >= 11 is 0. The van der Waals surface area contributed by atoms with Gasteiger partial charge in [-0.2, -0.15) is 4.98 Å². The molecule has 0 spiro atoms. The third-order valence-electron chi connectivity index (χ3n) is 4.14. The van der Waals surface area contributed by atoms with Gasteiger partial charge in [0.15, 0.2) is 5.82 Å². The van der Waals surface area contributed by atoms with Gasteiger partial charge in [0.25, 0.3) is 5.89 Å². The molecule has 1 aliphatic heterocycles. The summed E-state index contributed by atoms with van der Waals surface area (Å²) < 4.78 is 5.35. The number of piperidine rings is 1.